The molecule has 2 heterocycles. The third-order valence-electron chi connectivity index (χ3n) is 4.44. The van der Waals surface area contributed by atoms with Crippen LogP contribution in [-0.2, 0) is 16.1 Å². The van der Waals surface area contributed by atoms with Gasteiger partial charge in [0.15, 0.2) is 0 Å². The Labute approximate surface area is 136 Å². The van der Waals surface area contributed by atoms with E-state index in [9.17, 15) is 19.5 Å². The first-order chi connectivity index (χ1) is 10.3. The highest BCUT2D eigenvalue weighted by atomic mass is 79.9. The quantitative estimate of drug-likeness (QED) is 0.872. The Bertz CT molecular complexity index is 655. The van der Waals surface area contributed by atoms with E-state index in [1.807, 2.05) is 13.8 Å². The summed E-state index contributed by atoms with van der Waals surface area (Å²) in [5.41, 5.74) is -1.15. The molecule has 120 valence electrons. The van der Waals surface area contributed by atoms with E-state index in [0.29, 0.717) is 17.4 Å². The van der Waals surface area contributed by atoms with Crippen LogP contribution in [0.4, 0.5) is 0 Å². The molecule has 0 aromatic carbocycles. The summed E-state index contributed by atoms with van der Waals surface area (Å²) in [5, 5.41) is 9.50. The van der Waals surface area contributed by atoms with Gasteiger partial charge in [-0.3, -0.25) is 14.4 Å². The lowest BCUT2D eigenvalue weighted by Gasteiger charge is -2.28. The van der Waals surface area contributed by atoms with Gasteiger partial charge in [0, 0.05) is 29.8 Å². The third kappa shape index (κ3) is 3.09. The van der Waals surface area contributed by atoms with Gasteiger partial charge in [-0.25, -0.2) is 0 Å². The first-order valence-corrected chi connectivity index (χ1v) is 7.93. The molecule has 0 aliphatic carbocycles. The van der Waals surface area contributed by atoms with Gasteiger partial charge in [0.25, 0.3) is 5.56 Å². The molecule has 0 saturated carbocycles. The number of hydrogen-bond acceptors (Lipinski definition) is 3. The van der Waals surface area contributed by atoms with Gasteiger partial charge in [0.1, 0.15) is 6.54 Å². The maximum absolute atomic E-state index is 12.4. The molecular weight excluding hydrogens is 352 g/mol. The number of aliphatic carboxylic acids is 1. The van der Waals surface area contributed by atoms with Crippen LogP contribution in [0.1, 0.15) is 20.3 Å². The molecule has 7 heteroatoms. The fourth-order valence-corrected chi connectivity index (χ4v) is 3.19. The van der Waals surface area contributed by atoms with Crippen LogP contribution in [-0.4, -0.2) is 39.5 Å². The van der Waals surface area contributed by atoms with E-state index >= 15 is 0 Å². The van der Waals surface area contributed by atoms with Crippen molar-refractivity contribution in [2.45, 2.75) is 26.8 Å². The number of carbonyl (C=O) groups is 2. The Kier molecular flexibility index (Phi) is 4.75. The second-order valence-corrected chi connectivity index (χ2v) is 6.91. The van der Waals surface area contributed by atoms with Crippen LogP contribution in [0, 0.1) is 11.3 Å². The van der Waals surface area contributed by atoms with Gasteiger partial charge in [0.2, 0.25) is 5.91 Å². The van der Waals surface area contributed by atoms with Crippen molar-refractivity contribution in [3.05, 3.63) is 33.2 Å². The third-order valence-corrected chi connectivity index (χ3v) is 4.91. The summed E-state index contributed by atoms with van der Waals surface area (Å²) in [6.07, 6.45) is 2.00. The minimum Gasteiger partial charge on any atom is -0.481 e. The Hall–Kier alpha value is -1.63. The van der Waals surface area contributed by atoms with E-state index in [1.165, 1.54) is 10.6 Å². The van der Waals surface area contributed by atoms with Crippen LogP contribution in [0.25, 0.3) is 0 Å². The Morgan fingerprint density at radius 1 is 1.41 bits per heavy atom. The predicted molar refractivity (Wildman–Crippen MR) is 84.5 cm³/mol. The summed E-state index contributed by atoms with van der Waals surface area (Å²) >= 11 is 3.26. The van der Waals surface area contributed by atoms with Gasteiger partial charge in [-0.1, -0.05) is 13.8 Å². The predicted octanol–water partition coefficient (Wildman–Crippen LogP) is 1.57. The monoisotopic (exact) mass is 370 g/mol. The Morgan fingerprint density at radius 2 is 2.09 bits per heavy atom. The molecule has 22 heavy (non-hydrogen) atoms. The van der Waals surface area contributed by atoms with Crippen molar-refractivity contribution in [1.82, 2.24) is 9.47 Å². The maximum Gasteiger partial charge on any atom is 0.311 e. The van der Waals surface area contributed by atoms with Gasteiger partial charge in [-0.15, -0.1) is 0 Å². The van der Waals surface area contributed by atoms with Crippen molar-refractivity contribution in [1.29, 1.82) is 0 Å². The molecule has 1 atom stereocenters. The van der Waals surface area contributed by atoms with Gasteiger partial charge in [0.05, 0.1) is 5.41 Å². The van der Waals surface area contributed by atoms with Crippen LogP contribution in [0.2, 0.25) is 0 Å². The number of rotatable bonds is 4. The molecule has 1 fully saturated rings. The number of likely N-dealkylation sites (tertiary alicyclic amines) is 1. The SMILES string of the molecule is CC(C)C1(C(=O)O)CCN(C(=O)Cn2cc(Br)ccc2=O)C1. The largest absolute Gasteiger partial charge is 0.481 e. The summed E-state index contributed by atoms with van der Waals surface area (Å²) in [4.78, 5) is 37.2. The second-order valence-electron chi connectivity index (χ2n) is 5.99. The van der Waals surface area contributed by atoms with Crippen molar-refractivity contribution in [2.24, 2.45) is 11.3 Å². The molecule has 2 rings (SSSR count). The molecule has 1 aliphatic heterocycles. The first-order valence-electron chi connectivity index (χ1n) is 7.13. The molecule has 0 spiro atoms. The number of amides is 1. The minimum absolute atomic E-state index is 0.0589. The Balaban J connectivity index is 2.14. The van der Waals surface area contributed by atoms with Crippen molar-refractivity contribution in [3.63, 3.8) is 0 Å². The lowest BCUT2D eigenvalue weighted by Crippen LogP contribution is -2.41. The number of halogens is 1. The van der Waals surface area contributed by atoms with Crippen molar-refractivity contribution in [3.8, 4) is 0 Å². The number of hydrogen-bond donors (Lipinski definition) is 1. The molecule has 0 radical (unpaired) electrons. The maximum atomic E-state index is 12.4. The summed E-state index contributed by atoms with van der Waals surface area (Å²) in [5.74, 6) is -1.15. The number of nitrogens with zero attached hydrogens (tertiary/aromatic N) is 2. The fraction of sp³-hybridized carbons (Fsp3) is 0.533. The molecule has 1 aromatic heterocycles. The summed E-state index contributed by atoms with van der Waals surface area (Å²) in [7, 11) is 0. The minimum atomic E-state index is -0.891. The smallest absolute Gasteiger partial charge is 0.311 e. The molecule has 1 aromatic rings. The zero-order chi connectivity index (χ0) is 16.5. The van der Waals surface area contributed by atoms with Crippen LogP contribution >= 0.6 is 15.9 Å². The topological polar surface area (TPSA) is 79.6 Å². The average Bonchev–Trinajstić information content (AvgIpc) is 2.89. The second kappa shape index (κ2) is 6.24. The van der Waals surface area contributed by atoms with Gasteiger partial charge in [-0.05, 0) is 34.3 Å². The average molecular weight is 371 g/mol. The van der Waals surface area contributed by atoms with E-state index in [1.54, 1.807) is 17.2 Å². The van der Waals surface area contributed by atoms with Crippen LogP contribution in [0.3, 0.4) is 0 Å². The Morgan fingerprint density at radius 3 is 2.64 bits per heavy atom. The summed E-state index contributed by atoms with van der Waals surface area (Å²) < 4.78 is 2.03. The van der Waals surface area contributed by atoms with Crippen molar-refractivity contribution in [2.75, 3.05) is 13.1 Å². The highest BCUT2D eigenvalue weighted by molar-refractivity contribution is 9.10. The molecular formula is C15H19BrN2O4. The molecule has 1 unspecified atom stereocenters. The molecule has 1 N–H and O–H groups in total. The normalized spacial score (nSPS) is 21.4. The van der Waals surface area contributed by atoms with Crippen molar-refractivity contribution < 1.29 is 14.7 Å². The summed E-state index contributed by atoms with van der Waals surface area (Å²) in [6, 6.07) is 3.00. The van der Waals surface area contributed by atoms with Crippen molar-refractivity contribution >= 4 is 27.8 Å². The van der Waals surface area contributed by atoms with E-state index in [4.69, 9.17) is 0 Å². The number of carboxylic acid groups (broad SMARTS) is 1. The molecule has 1 saturated heterocycles. The molecule has 6 nitrogen and oxygen atoms in total. The molecule has 1 aliphatic rings. The zero-order valence-corrected chi connectivity index (χ0v) is 14.2. The number of pyridine rings is 1. The van der Waals surface area contributed by atoms with E-state index < -0.39 is 11.4 Å². The highest BCUT2D eigenvalue weighted by Crippen LogP contribution is 2.38. The van der Waals surface area contributed by atoms with Gasteiger partial charge >= 0.3 is 5.97 Å². The lowest BCUT2D eigenvalue weighted by atomic mass is 9.76. The summed E-state index contributed by atoms with van der Waals surface area (Å²) in [6.45, 7) is 4.25. The first kappa shape index (κ1) is 16.7. The molecule has 1 amide bonds. The zero-order valence-electron chi connectivity index (χ0n) is 12.6. The van der Waals surface area contributed by atoms with Gasteiger partial charge in [-0.2, -0.15) is 0 Å². The standard InChI is InChI=1S/C15H19BrN2O4/c1-10(2)15(14(21)22)5-6-17(9-15)13(20)8-18-7-11(16)3-4-12(18)19/h3-4,7,10H,5-6,8-9H2,1-2H3,(H,21,22). The van der Waals surface area contributed by atoms with Gasteiger partial charge < -0.3 is 14.6 Å². The van der Waals surface area contributed by atoms with Crippen LogP contribution < -0.4 is 5.56 Å². The molecule has 0 bridgehead atoms. The van der Waals surface area contributed by atoms with Crippen LogP contribution in [0.5, 0.6) is 0 Å². The van der Waals surface area contributed by atoms with E-state index in [-0.39, 0.29) is 30.5 Å². The van der Waals surface area contributed by atoms with Crippen LogP contribution in [0.15, 0.2) is 27.6 Å². The lowest BCUT2D eigenvalue weighted by molar-refractivity contribution is -0.151. The fourth-order valence-electron chi connectivity index (χ4n) is 2.81. The number of carbonyl (C=O) groups excluding carboxylic acids is 1. The highest BCUT2D eigenvalue weighted by Gasteiger charge is 2.48. The number of carboxylic acids is 1. The van der Waals surface area contributed by atoms with E-state index in [0.717, 1.165) is 0 Å². The van der Waals surface area contributed by atoms with E-state index in [2.05, 4.69) is 15.9 Å². The number of aromatic nitrogens is 1.